The van der Waals surface area contributed by atoms with Gasteiger partial charge in [-0.2, -0.15) is 5.10 Å². The van der Waals surface area contributed by atoms with Crippen molar-refractivity contribution in [3.63, 3.8) is 0 Å². The third-order valence-corrected chi connectivity index (χ3v) is 6.36. The minimum atomic E-state index is -3.72. The Labute approximate surface area is 158 Å². The second kappa shape index (κ2) is 6.70. The van der Waals surface area contributed by atoms with Gasteiger partial charge in [-0.15, -0.1) is 0 Å². The molecule has 2 aromatic heterocycles. The maximum absolute atomic E-state index is 12.6. The van der Waals surface area contributed by atoms with Crippen molar-refractivity contribution in [2.24, 2.45) is 0 Å². The minimum Gasteiger partial charge on any atom is -0.326 e. The number of pyridine rings is 1. The molecule has 0 atom stereocenters. The lowest BCUT2D eigenvalue weighted by atomic mass is 10.0. The maximum atomic E-state index is 12.6. The molecular formula is C19H21N5O2S. The first-order valence-electron chi connectivity index (χ1n) is 8.81. The summed E-state index contributed by atoms with van der Waals surface area (Å²) in [6, 6.07) is 11.9. The number of benzene rings is 1. The molecule has 0 bridgehead atoms. The summed E-state index contributed by atoms with van der Waals surface area (Å²) in [5.74, 6) is 0.806. The zero-order valence-corrected chi connectivity index (χ0v) is 16.0. The molecule has 3 aromatic rings. The van der Waals surface area contributed by atoms with E-state index in [0.717, 1.165) is 30.9 Å². The van der Waals surface area contributed by atoms with Gasteiger partial charge in [-0.1, -0.05) is 18.2 Å². The highest BCUT2D eigenvalue weighted by molar-refractivity contribution is 7.92. The molecule has 0 spiro atoms. The Hall–Kier alpha value is -2.87. The zero-order chi connectivity index (χ0) is 19.0. The fourth-order valence-electron chi connectivity index (χ4n) is 3.52. The number of H-pyrrole nitrogens is 1. The first kappa shape index (κ1) is 17.5. The largest absolute Gasteiger partial charge is 0.326 e. The number of para-hydroxylation sites is 1. The zero-order valence-electron chi connectivity index (χ0n) is 15.2. The summed E-state index contributed by atoms with van der Waals surface area (Å²) in [6.45, 7) is 4.24. The summed E-state index contributed by atoms with van der Waals surface area (Å²) in [5.41, 5.74) is 3.84. The maximum Gasteiger partial charge on any atom is 0.265 e. The van der Waals surface area contributed by atoms with Crippen LogP contribution in [0.25, 0.3) is 0 Å². The number of anilines is 3. The van der Waals surface area contributed by atoms with E-state index in [4.69, 9.17) is 0 Å². The third-order valence-electron chi connectivity index (χ3n) is 4.72. The predicted molar refractivity (Wildman–Crippen MR) is 105 cm³/mol. The highest BCUT2D eigenvalue weighted by Gasteiger charge is 2.23. The van der Waals surface area contributed by atoms with Gasteiger partial charge in [0.2, 0.25) is 0 Å². The Morgan fingerprint density at radius 1 is 1.15 bits per heavy atom. The van der Waals surface area contributed by atoms with Crippen molar-refractivity contribution in [2.45, 2.75) is 31.6 Å². The fourth-order valence-corrected chi connectivity index (χ4v) is 4.94. The number of nitrogens with one attached hydrogen (secondary N) is 2. The molecule has 0 aliphatic carbocycles. The molecule has 1 aliphatic rings. The summed E-state index contributed by atoms with van der Waals surface area (Å²) in [6.07, 6.45) is 3.68. The van der Waals surface area contributed by atoms with Gasteiger partial charge in [0.25, 0.3) is 10.0 Å². The molecule has 0 radical (unpaired) electrons. The summed E-state index contributed by atoms with van der Waals surface area (Å²) in [7, 11) is -3.72. The van der Waals surface area contributed by atoms with Gasteiger partial charge in [0, 0.05) is 12.2 Å². The van der Waals surface area contributed by atoms with E-state index in [1.807, 2.05) is 18.2 Å². The minimum absolute atomic E-state index is 0.177. The SMILES string of the molecule is Cc1n[nH]c(C)c1S(=O)(=O)Nc1ccc(N2CCCc3ccccc32)nc1. The van der Waals surface area contributed by atoms with Crippen LogP contribution in [0.3, 0.4) is 0 Å². The van der Waals surface area contributed by atoms with Crippen molar-refractivity contribution in [2.75, 3.05) is 16.2 Å². The number of aromatic nitrogens is 3. The Morgan fingerprint density at radius 2 is 1.96 bits per heavy atom. The third kappa shape index (κ3) is 3.28. The highest BCUT2D eigenvalue weighted by atomic mass is 32.2. The van der Waals surface area contributed by atoms with Gasteiger partial charge < -0.3 is 4.90 Å². The monoisotopic (exact) mass is 383 g/mol. The molecule has 140 valence electrons. The molecule has 8 heteroatoms. The molecule has 0 unspecified atom stereocenters. The van der Waals surface area contributed by atoms with Gasteiger partial charge in [0.15, 0.2) is 0 Å². The number of aryl methyl sites for hydroxylation is 3. The van der Waals surface area contributed by atoms with Crippen LogP contribution in [0.1, 0.15) is 23.4 Å². The van der Waals surface area contributed by atoms with Crippen molar-refractivity contribution in [1.82, 2.24) is 15.2 Å². The summed E-state index contributed by atoms with van der Waals surface area (Å²) >= 11 is 0. The first-order chi connectivity index (χ1) is 13.0. The van der Waals surface area contributed by atoms with E-state index in [1.54, 1.807) is 26.1 Å². The van der Waals surface area contributed by atoms with Gasteiger partial charge in [0.1, 0.15) is 10.7 Å². The normalized spacial score (nSPS) is 14.1. The van der Waals surface area contributed by atoms with Gasteiger partial charge in [-0.25, -0.2) is 13.4 Å². The van der Waals surface area contributed by atoms with E-state index in [-0.39, 0.29) is 4.90 Å². The second-order valence-electron chi connectivity index (χ2n) is 6.66. The molecule has 0 fully saturated rings. The van der Waals surface area contributed by atoms with Crippen LogP contribution in [-0.2, 0) is 16.4 Å². The van der Waals surface area contributed by atoms with E-state index in [2.05, 4.69) is 36.9 Å². The standard InChI is InChI=1S/C19H21N5O2S/c1-13-19(14(2)22-21-13)27(25,26)23-16-9-10-18(20-12-16)24-11-5-7-15-6-3-4-8-17(15)24/h3-4,6,8-10,12,23H,5,7,11H2,1-2H3,(H,21,22). The molecule has 0 amide bonds. The molecule has 7 nitrogen and oxygen atoms in total. The van der Waals surface area contributed by atoms with Crippen molar-refractivity contribution in [3.8, 4) is 0 Å². The van der Waals surface area contributed by atoms with Crippen LogP contribution < -0.4 is 9.62 Å². The number of sulfonamides is 1. The molecular weight excluding hydrogens is 362 g/mol. The predicted octanol–water partition coefficient (Wildman–Crippen LogP) is 3.31. The first-order valence-corrected chi connectivity index (χ1v) is 10.3. The van der Waals surface area contributed by atoms with E-state index < -0.39 is 10.0 Å². The molecule has 0 saturated heterocycles. The lowest BCUT2D eigenvalue weighted by Crippen LogP contribution is -2.25. The molecule has 0 saturated carbocycles. The number of hydrogen-bond donors (Lipinski definition) is 2. The van der Waals surface area contributed by atoms with Crippen molar-refractivity contribution < 1.29 is 8.42 Å². The number of hydrogen-bond acceptors (Lipinski definition) is 5. The number of fused-ring (bicyclic) bond motifs is 1. The van der Waals surface area contributed by atoms with E-state index in [1.165, 1.54) is 5.56 Å². The number of aromatic amines is 1. The lowest BCUT2D eigenvalue weighted by molar-refractivity contribution is 0.600. The second-order valence-corrected chi connectivity index (χ2v) is 8.28. The van der Waals surface area contributed by atoms with Crippen molar-refractivity contribution >= 4 is 27.2 Å². The fraction of sp³-hybridized carbons (Fsp3) is 0.263. The van der Waals surface area contributed by atoms with Crippen LogP contribution in [0.15, 0.2) is 47.5 Å². The van der Waals surface area contributed by atoms with Gasteiger partial charge in [-0.05, 0) is 50.5 Å². The smallest absolute Gasteiger partial charge is 0.265 e. The Morgan fingerprint density at radius 3 is 2.67 bits per heavy atom. The highest BCUT2D eigenvalue weighted by Crippen LogP contribution is 2.32. The van der Waals surface area contributed by atoms with Crippen LogP contribution in [0, 0.1) is 13.8 Å². The summed E-state index contributed by atoms with van der Waals surface area (Å²) in [5, 5.41) is 6.65. The number of rotatable bonds is 4. The summed E-state index contributed by atoms with van der Waals surface area (Å²) in [4.78, 5) is 6.83. The Balaban J connectivity index is 1.59. The molecule has 3 heterocycles. The van der Waals surface area contributed by atoms with Crippen LogP contribution in [0.2, 0.25) is 0 Å². The topological polar surface area (TPSA) is 91.0 Å². The van der Waals surface area contributed by atoms with Crippen molar-refractivity contribution in [1.29, 1.82) is 0 Å². The molecule has 1 aromatic carbocycles. The van der Waals surface area contributed by atoms with Crippen LogP contribution in [0.5, 0.6) is 0 Å². The average Bonchev–Trinajstić information content (AvgIpc) is 3.01. The molecule has 1 aliphatic heterocycles. The van der Waals surface area contributed by atoms with Crippen molar-refractivity contribution in [3.05, 3.63) is 59.5 Å². The van der Waals surface area contributed by atoms with E-state index in [0.29, 0.717) is 17.1 Å². The average molecular weight is 383 g/mol. The van der Waals surface area contributed by atoms with Crippen LogP contribution in [-0.4, -0.2) is 30.1 Å². The summed E-state index contributed by atoms with van der Waals surface area (Å²) < 4.78 is 27.9. The van der Waals surface area contributed by atoms with E-state index in [9.17, 15) is 8.42 Å². The quantitative estimate of drug-likeness (QED) is 0.721. The molecule has 27 heavy (non-hydrogen) atoms. The van der Waals surface area contributed by atoms with Gasteiger partial charge >= 0.3 is 0 Å². The van der Waals surface area contributed by atoms with Gasteiger partial charge in [-0.3, -0.25) is 9.82 Å². The van der Waals surface area contributed by atoms with E-state index >= 15 is 0 Å². The van der Waals surface area contributed by atoms with Gasteiger partial charge in [0.05, 0.1) is 23.3 Å². The lowest BCUT2D eigenvalue weighted by Gasteiger charge is -2.30. The van der Waals surface area contributed by atoms with Crippen LogP contribution >= 0.6 is 0 Å². The van der Waals surface area contributed by atoms with Crippen LogP contribution in [0.4, 0.5) is 17.2 Å². The molecule has 2 N–H and O–H groups in total. The Kier molecular flexibility index (Phi) is 4.35. The molecule has 4 rings (SSSR count). The Bertz CT molecular complexity index is 1050. The number of nitrogens with zero attached hydrogens (tertiary/aromatic N) is 3.